The van der Waals surface area contributed by atoms with Crippen molar-refractivity contribution in [3.8, 4) is 0 Å². The summed E-state index contributed by atoms with van der Waals surface area (Å²) in [4.78, 5) is 16.1. The number of esters is 1. The average molecular weight is 315 g/mol. The normalized spacial score (nSPS) is 10.4. The Hall–Kier alpha value is -2.70. The standard InChI is InChI=1S/C16H21N5O2/c1-11(2)8-9-17-16-20-14(10-18-21-16)19-13-7-5-4-6-12(13)15(22)23-3/h4-7,10-11H,8-9H2,1-3H3,(H2,17,19,20,21). The topological polar surface area (TPSA) is 89.0 Å². The summed E-state index contributed by atoms with van der Waals surface area (Å²) >= 11 is 0. The number of carbonyl (C=O) groups excluding carboxylic acids is 1. The van der Waals surface area contributed by atoms with E-state index in [1.54, 1.807) is 18.2 Å². The molecule has 7 nitrogen and oxygen atoms in total. The lowest BCUT2D eigenvalue weighted by molar-refractivity contribution is 0.0602. The van der Waals surface area contributed by atoms with Gasteiger partial charge in [-0.1, -0.05) is 26.0 Å². The van der Waals surface area contributed by atoms with E-state index in [2.05, 4.69) is 39.7 Å². The lowest BCUT2D eigenvalue weighted by Gasteiger charge is -2.11. The molecule has 0 aliphatic rings. The zero-order valence-corrected chi connectivity index (χ0v) is 13.5. The lowest BCUT2D eigenvalue weighted by atomic mass is 10.1. The minimum Gasteiger partial charge on any atom is -0.465 e. The summed E-state index contributed by atoms with van der Waals surface area (Å²) in [5, 5.41) is 14.1. The van der Waals surface area contributed by atoms with E-state index < -0.39 is 5.97 Å². The van der Waals surface area contributed by atoms with Crippen LogP contribution in [0.2, 0.25) is 0 Å². The van der Waals surface area contributed by atoms with Gasteiger partial charge in [-0.05, 0) is 24.5 Å². The summed E-state index contributed by atoms with van der Waals surface area (Å²) in [6, 6.07) is 7.06. The fraction of sp³-hybridized carbons (Fsp3) is 0.375. The maximum atomic E-state index is 11.8. The van der Waals surface area contributed by atoms with E-state index in [4.69, 9.17) is 4.74 Å². The fourth-order valence-corrected chi connectivity index (χ4v) is 1.93. The molecular formula is C16H21N5O2. The number of carbonyl (C=O) groups is 1. The molecule has 0 atom stereocenters. The van der Waals surface area contributed by atoms with Crippen molar-refractivity contribution in [2.24, 2.45) is 5.92 Å². The number of para-hydroxylation sites is 1. The van der Waals surface area contributed by atoms with Gasteiger partial charge in [0.1, 0.15) is 0 Å². The molecule has 0 aliphatic heterocycles. The molecule has 0 saturated carbocycles. The molecule has 23 heavy (non-hydrogen) atoms. The maximum absolute atomic E-state index is 11.8. The Morgan fingerprint density at radius 1 is 1.30 bits per heavy atom. The van der Waals surface area contributed by atoms with Crippen LogP contribution in [0.1, 0.15) is 30.6 Å². The van der Waals surface area contributed by atoms with Crippen LogP contribution in [-0.4, -0.2) is 34.8 Å². The molecule has 1 heterocycles. The van der Waals surface area contributed by atoms with Gasteiger partial charge in [0.05, 0.1) is 24.6 Å². The van der Waals surface area contributed by atoms with Crippen LogP contribution >= 0.6 is 0 Å². The van der Waals surface area contributed by atoms with Crippen LogP contribution in [-0.2, 0) is 4.74 Å². The number of aromatic nitrogens is 3. The molecule has 122 valence electrons. The van der Waals surface area contributed by atoms with E-state index >= 15 is 0 Å². The number of benzene rings is 1. The highest BCUT2D eigenvalue weighted by Crippen LogP contribution is 2.20. The second-order valence-electron chi connectivity index (χ2n) is 5.44. The minimum atomic E-state index is -0.412. The van der Waals surface area contributed by atoms with Gasteiger partial charge in [-0.25, -0.2) is 4.79 Å². The average Bonchev–Trinajstić information content (AvgIpc) is 2.55. The Balaban J connectivity index is 2.10. The van der Waals surface area contributed by atoms with Crippen LogP contribution in [0.3, 0.4) is 0 Å². The Morgan fingerprint density at radius 2 is 2.09 bits per heavy atom. The quantitative estimate of drug-likeness (QED) is 0.759. The number of hydrogen-bond donors (Lipinski definition) is 2. The molecule has 2 aromatic rings. The zero-order valence-electron chi connectivity index (χ0n) is 13.5. The second-order valence-corrected chi connectivity index (χ2v) is 5.44. The van der Waals surface area contributed by atoms with Gasteiger partial charge >= 0.3 is 5.97 Å². The molecule has 0 saturated heterocycles. The third kappa shape index (κ3) is 4.91. The Labute approximate surface area is 135 Å². The van der Waals surface area contributed by atoms with Crippen molar-refractivity contribution in [1.29, 1.82) is 0 Å². The van der Waals surface area contributed by atoms with Crippen LogP contribution in [0.25, 0.3) is 0 Å². The van der Waals surface area contributed by atoms with E-state index in [1.807, 2.05) is 6.07 Å². The van der Waals surface area contributed by atoms with Crippen LogP contribution in [0.15, 0.2) is 30.5 Å². The largest absolute Gasteiger partial charge is 0.465 e. The molecule has 0 radical (unpaired) electrons. The predicted octanol–water partition coefficient (Wildman–Crippen LogP) is 2.86. The summed E-state index contributed by atoms with van der Waals surface area (Å²) in [5.41, 5.74) is 1.04. The number of ether oxygens (including phenoxy) is 1. The summed E-state index contributed by atoms with van der Waals surface area (Å²) in [7, 11) is 1.35. The summed E-state index contributed by atoms with van der Waals surface area (Å²) < 4.78 is 4.77. The number of rotatable bonds is 7. The van der Waals surface area contributed by atoms with Gasteiger partial charge in [0.15, 0.2) is 5.82 Å². The van der Waals surface area contributed by atoms with E-state index in [1.165, 1.54) is 13.3 Å². The predicted molar refractivity (Wildman–Crippen MR) is 88.8 cm³/mol. The first-order valence-electron chi connectivity index (χ1n) is 7.48. The number of nitrogens with one attached hydrogen (secondary N) is 2. The van der Waals surface area contributed by atoms with Crippen molar-refractivity contribution >= 4 is 23.4 Å². The van der Waals surface area contributed by atoms with Gasteiger partial charge < -0.3 is 15.4 Å². The number of anilines is 3. The summed E-state index contributed by atoms with van der Waals surface area (Å²) in [6.45, 7) is 5.09. The SMILES string of the molecule is COC(=O)c1ccccc1Nc1cnnc(NCCC(C)C)n1. The summed E-state index contributed by atoms with van der Waals surface area (Å²) in [5.74, 6) is 1.14. The maximum Gasteiger partial charge on any atom is 0.339 e. The van der Waals surface area contributed by atoms with Crippen molar-refractivity contribution in [2.45, 2.75) is 20.3 Å². The summed E-state index contributed by atoms with van der Waals surface area (Å²) in [6.07, 6.45) is 2.52. The van der Waals surface area contributed by atoms with E-state index in [-0.39, 0.29) is 0 Å². The Morgan fingerprint density at radius 3 is 2.83 bits per heavy atom. The van der Waals surface area contributed by atoms with Gasteiger partial charge in [-0.3, -0.25) is 0 Å². The fourth-order valence-electron chi connectivity index (χ4n) is 1.93. The molecule has 0 unspecified atom stereocenters. The molecule has 0 amide bonds. The van der Waals surface area contributed by atoms with Crippen LogP contribution in [0, 0.1) is 5.92 Å². The van der Waals surface area contributed by atoms with Gasteiger partial charge in [-0.15, -0.1) is 5.10 Å². The van der Waals surface area contributed by atoms with Crippen molar-refractivity contribution in [3.05, 3.63) is 36.0 Å². The molecule has 2 N–H and O–H groups in total. The molecule has 2 rings (SSSR count). The first-order valence-corrected chi connectivity index (χ1v) is 7.48. The van der Waals surface area contributed by atoms with E-state index in [0.717, 1.165) is 13.0 Å². The van der Waals surface area contributed by atoms with Crippen molar-refractivity contribution in [1.82, 2.24) is 15.2 Å². The minimum absolute atomic E-state index is 0.412. The van der Waals surface area contributed by atoms with E-state index in [0.29, 0.717) is 28.9 Å². The monoisotopic (exact) mass is 315 g/mol. The molecule has 1 aromatic heterocycles. The Bertz CT molecular complexity index is 660. The zero-order chi connectivity index (χ0) is 16.7. The highest BCUT2D eigenvalue weighted by atomic mass is 16.5. The molecule has 0 bridgehead atoms. The van der Waals surface area contributed by atoms with Gasteiger partial charge in [0.25, 0.3) is 0 Å². The third-order valence-corrected chi connectivity index (χ3v) is 3.16. The third-order valence-electron chi connectivity index (χ3n) is 3.16. The van der Waals surface area contributed by atoms with Crippen LogP contribution < -0.4 is 10.6 Å². The van der Waals surface area contributed by atoms with Crippen molar-refractivity contribution in [2.75, 3.05) is 24.3 Å². The second kappa shape index (κ2) is 8.07. The van der Waals surface area contributed by atoms with Crippen LogP contribution in [0.5, 0.6) is 0 Å². The first kappa shape index (κ1) is 16.7. The number of methoxy groups -OCH3 is 1. The number of hydrogen-bond acceptors (Lipinski definition) is 7. The van der Waals surface area contributed by atoms with Crippen molar-refractivity contribution < 1.29 is 9.53 Å². The first-order chi connectivity index (χ1) is 11.1. The van der Waals surface area contributed by atoms with Crippen LogP contribution in [0.4, 0.5) is 17.5 Å². The van der Waals surface area contributed by atoms with Gasteiger partial charge in [0.2, 0.25) is 5.95 Å². The molecule has 0 aliphatic carbocycles. The molecule has 1 aromatic carbocycles. The molecular weight excluding hydrogens is 294 g/mol. The highest BCUT2D eigenvalue weighted by molar-refractivity contribution is 5.96. The smallest absolute Gasteiger partial charge is 0.339 e. The molecule has 0 fully saturated rings. The van der Waals surface area contributed by atoms with E-state index in [9.17, 15) is 4.79 Å². The Kier molecular flexibility index (Phi) is 5.85. The van der Waals surface area contributed by atoms with Gasteiger partial charge in [-0.2, -0.15) is 10.1 Å². The number of nitrogens with zero attached hydrogens (tertiary/aromatic N) is 3. The van der Waals surface area contributed by atoms with Crippen molar-refractivity contribution in [3.63, 3.8) is 0 Å². The molecule has 0 spiro atoms. The highest BCUT2D eigenvalue weighted by Gasteiger charge is 2.12. The lowest BCUT2D eigenvalue weighted by Crippen LogP contribution is -2.10. The molecule has 7 heteroatoms. The van der Waals surface area contributed by atoms with Gasteiger partial charge in [0, 0.05) is 6.54 Å².